The molecule has 7 heteroatoms. The average Bonchev–Trinajstić information content (AvgIpc) is 3.32. The van der Waals surface area contributed by atoms with Crippen molar-refractivity contribution in [3.63, 3.8) is 0 Å². The number of ether oxygens (including phenoxy) is 2. The Morgan fingerprint density at radius 3 is 2.38 bits per heavy atom. The maximum atomic E-state index is 12.7. The van der Waals surface area contributed by atoms with Gasteiger partial charge < -0.3 is 14.8 Å². The number of carbonyl (C=O) groups excluding carboxylic acids is 3. The van der Waals surface area contributed by atoms with E-state index in [2.05, 4.69) is 17.4 Å². The summed E-state index contributed by atoms with van der Waals surface area (Å²) in [6.45, 7) is 2.44. The third-order valence-corrected chi connectivity index (χ3v) is 6.77. The van der Waals surface area contributed by atoms with Crippen molar-refractivity contribution in [2.45, 2.75) is 51.2 Å². The minimum absolute atomic E-state index is 0.0344. The summed E-state index contributed by atoms with van der Waals surface area (Å²) in [4.78, 5) is 35.3. The van der Waals surface area contributed by atoms with E-state index < -0.39 is 5.24 Å². The zero-order valence-electron chi connectivity index (χ0n) is 20.7. The predicted octanol–water partition coefficient (Wildman–Crippen LogP) is 5.87. The fraction of sp³-hybridized carbons (Fsp3) is 0.300. The van der Waals surface area contributed by atoms with Crippen LogP contribution in [-0.4, -0.2) is 30.0 Å². The Morgan fingerprint density at radius 1 is 1.03 bits per heavy atom. The Kier molecular flexibility index (Phi) is 8.96. The predicted molar refractivity (Wildman–Crippen MR) is 142 cm³/mol. The van der Waals surface area contributed by atoms with Gasteiger partial charge in [0.05, 0.1) is 11.6 Å². The third-order valence-electron chi connectivity index (χ3n) is 6.64. The molecule has 4 rings (SSSR count). The number of cyclic esters (lactones) is 1. The highest BCUT2D eigenvalue weighted by molar-refractivity contribution is 6.63. The number of amides is 1. The van der Waals surface area contributed by atoms with Crippen LogP contribution >= 0.6 is 11.6 Å². The summed E-state index contributed by atoms with van der Waals surface area (Å²) >= 11 is 5.42. The molecule has 3 aromatic rings. The lowest BCUT2D eigenvalue weighted by molar-refractivity contribution is -0.111. The lowest BCUT2D eigenvalue weighted by Gasteiger charge is -2.22. The van der Waals surface area contributed by atoms with E-state index in [1.165, 1.54) is 5.56 Å². The zero-order valence-corrected chi connectivity index (χ0v) is 21.5. The second-order valence-electron chi connectivity index (χ2n) is 9.33. The highest BCUT2D eigenvalue weighted by atomic mass is 35.5. The van der Waals surface area contributed by atoms with Crippen LogP contribution in [-0.2, 0) is 33.7 Å². The highest BCUT2D eigenvalue weighted by Gasteiger charge is 2.30. The van der Waals surface area contributed by atoms with Crippen molar-refractivity contribution in [2.75, 3.05) is 6.61 Å². The largest absolute Gasteiger partial charge is 0.457 e. The number of hydrogen-bond acceptors (Lipinski definition) is 5. The van der Waals surface area contributed by atoms with E-state index in [9.17, 15) is 14.4 Å². The van der Waals surface area contributed by atoms with Crippen molar-refractivity contribution in [2.24, 2.45) is 0 Å². The van der Waals surface area contributed by atoms with E-state index in [4.69, 9.17) is 21.1 Å². The third kappa shape index (κ3) is 7.43. The van der Waals surface area contributed by atoms with Gasteiger partial charge in [0, 0.05) is 12.3 Å². The van der Waals surface area contributed by atoms with Crippen LogP contribution in [0.2, 0.25) is 0 Å². The molecule has 6 nitrogen and oxygen atoms in total. The fourth-order valence-corrected chi connectivity index (χ4v) is 4.85. The van der Waals surface area contributed by atoms with Crippen LogP contribution in [0.25, 0.3) is 0 Å². The minimum Gasteiger partial charge on any atom is -0.457 e. The van der Waals surface area contributed by atoms with Gasteiger partial charge in [-0.25, -0.2) is 9.59 Å². The van der Waals surface area contributed by atoms with Gasteiger partial charge in [-0.3, -0.25) is 4.79 Å². The standard InChI is InChI=1S/C30H30ClNO5/c1-20-16-21(6-5-9-26(24-7-3-2-4-8-24)27-19-37-30(35)32-27)14-15-25(20)29(34)36-18-23-12-10-22(11-13-23)17-28(31)33/h2-4,7-8,10-16,26-27H,5-6,9,17-19H2,1H3,(H,32,35)/t26?,27-/m1/s1. The first kappa shape index (κ1) is 26.4. The molecule has 37 heavy (non-hydrogen) atoms. The molecule has 0 spiro atoms. The minimum atomic E-state index is -0.411. The van der Waals surface area contributed by atoms with Crippen LogP contribution in [0.3, 0.4) is 0 Å². The van der Waals surface area contributed by atoms with Crippen molar-refractivity contribution >= 4 is 28.9 Å². The molecule has 1 fully saturated rings. The van der Waals surface area contributed by atoms with Gasteiger partial charge in [0.2, 0.25) is 5.24 Å². The van der Waals surface area contributed by atoms with Gasteiger partial charge in [-0.15, -0.1) is 0 Å². The first-order valence-electron chi connectivity index (χ1n) is 12.4. The average molecular weight is 520 g/mol. The van der Waals surface area contributed by atoms with E-state index in [0.717, 1.165) is 41.5 Å². The van der Waals surface area contributed by atoms with Crippen LogP contribution in [0.15, 0.2) is 72.8 Å². The molecule has 1 saturated heterocycles. The van der Waals surface area contributed by atoms with Gasteiger partial charge in [0.15, 0.2) is 0 Å². The number of benzene rings is 3. The van der Waals surface area contributed by atoms with Crippen LogP contribution in [0, 0.1) is 6.92 Å². The van der Waals surface area contributed by atoms with Crippen molar-refractivity contribution in [3.8, 4) is 0 Å². The second kappa shape index (κ2) is 12.5. The van der Waals surface area contributed by atoms with Crippen LogP contribution in [0.5, 0.6) is 0 Å². The SMILES string of the molecule is Cc1cc(CCCC(c2ccccc2)[C@H]2COC(=O)N2)ccc1C(=O)OCc1ccc(CC(=O)Cl)cc1. The molecule has 0 aromatic heterocycles. The van der Waals surface area contributed by atoms with E-state index in [1.54, 1.807) is 12.1 Å². The number of carbonyl (C=O) groups is 3. The van der Waals surface area contributed by atoms with Gasteiger partial charge >= 0.3 is 12.1 Å². The second-order valence-corrected chi connectivity index (χ2v) is 9.75. The maximum Gasteiger partial charge on any atom is 0.407 e. The summed E-state index contributed by atoms with van der Waals surface area (Å²) in [6.07, 6.45) is 2.51. The lowest BCUT2D eigenvalue weighted by atomic mass is 9.86. The van der Waals surface area contributed by atoms with Crippen LogP contribution in [0.4, 0.5) is 4.79 Å². The van der Waals surface area contributed by atoms with Gasteiger partial charge in [-0.1, -0.05) is 66.7 Å². The van der Waals surface area contributed by atoms with E-state index >= 15 is 0 Å². The molecule has 1 amide bonds. The quantitative estimate of drug-likeness (QED) is 0.253. The van der Waals surface area contributed by atoms with E-state index in [0.29, 0.717) is 12.2 Å². The fourth-order valence-electron chi connectivity index (χ4n) is 4.69. The Balaban J connectivity index is 1.31. The molecule has 0 aliphatic carbocycles. The first-order valence-corrected chi connectivity index (χ1v) is 12.8. The summed E-state index contributed by atoms with van der Waals surface area (Å²) in [6, 6.07) is 23.2. The van der Waals surface area contributed by atoms with Crippen molar-refractivity contribution in [1.82, 2.24) is 5.32 Å². The topological polar surface area (TPSA) is 81.7 Å². The van der Waals surface area contributed by atoms with E-state index in [-0.39, 0.29) is 37.0 Å². The summed E-state index contributed by atoms with van der Waals surface area (Å²) in [5.74, 6) is -0.197. The number of aryl methyl sites for hydroxylation is 2. The van der Waals surface area contributed by atoms with Gasteiger partial charge in [-0.05, 0) is 71.7 Å². The molecular weight excluding hydrogens is 490 g/mol. The van der Waals surface area contributed by atoms with Crippen LogP contribution in [0.1, 0.15) is 56.9 Å². The molecule has 1 N–H and O–H groups in total. The van der Waals surface area contributed by atoms with Gasteiger partial charge in [0.25, 0.3) is 0 Å². The number of halogens is 1. The summed E-state index contributed by atoms with van der Waals surface area (Å²) < 4.78 is 10.6. The van der Waals surface area contributed by atoms with Gasteiger partial charge in [0.1, 0.15) is 13.2 Å². The Morgan fingerprint density at radius 2 is 1.73 bits per heavy atom. The number of rotatable bonds is 11. The Bertz CT molecular complexity index is 1240. The molecule has 0 radical (unpaired) electrons. The summed E-state index contributed by atoms with van der Waals surface area (Å²) in [5.41, 5.74) is 5.41. The number of esters is 1. The van der Waals surface area contributed by atoms with Crippen LogP contribution < -0.4 is 5.32 Å². The normalized spacial score (nSPS) is 15.5. The van der Waals surface area contributed by atoms with Gasteiger partial charge in [-0.2, -0.15) is 0 Å². The number of nitrogens with one attached hydrogen (secondary N) is 1. The monoisotopic (exact) mass is 519 g/mol. The highest BCUT2D eigenvalue weighted by Crippen LogP contribution is 2.28. The molecule has 1 heterocycles. The summed E-state index contributed by atoms with van der Waals surface area (Å²) in [7, 11) is 0. The Hall–Kier alpha value is -3.64. The molecule has 1 aliphatic rings. The Labute approximate surface area is 221 Å². The molecule has 1 unspecified atom stereocenters. The number of hydrogen-bond donors (Lipinski definition) is 1. The molecular formula is C30H30ClNO5. The zero-order chi connectivity index (χ0) is 26.2. The van der Waals surface area contributed by atoms with E-state index in [1.807, 2.05) is 55.5 Å². The molecule has 3 aromatic carbocycles. The first-order chi connectivity index (χ1) is 17.9. The van der Waals surface area contributed by atoms with Crippen molar-refractivity contribution in [3.05, 3.63) is 106 Å². The molecule has 0 saturated carbocycles. The smallest absolute Gasteiger partial charge is 0.407 e. The number of alkyl carbamates (subject to hydrolysis) is 1. The molecule has 1 aliphatic heterocycles. The molecule has 0 bridgehead atoms. The van der Waals surface area contributed by atoms with Crippen molar-refractivity contribution < 1.29 is 23.9 Å². The molecule has 2 atom stereocenters. The summed E-state index contributed by atoms with van der Waals surface area (Å²) in [5, 5.41) is 2.52. The lowest BCUT2D eigenvalue weighted by Crippen LogP contribution is -2.32. The van der Waals surface area contributed by atoms with Crippen molar-refractivity contribution in [1.29, 1.82) is 0 Å². The maximum absolute atomic E-state index is 12.7. The molecule has 192 valence electrons.